The summed E-state index contributed by atoms with van der Waals surface area (Å²) in [5.74, 6) is 0. The Kier molecular flexibility index (Phi) is 6.21. The van der Waals surface area contributed by atoms with Gasteiger partial charge in [-0.05, 0) is 6.08 Å². The minimum atomic E-state index is -0.0898. The van der Waals surface area contributed by atoms with Crippen LogP contribution in [0.1, 0.15) is 5.56 Å². The van der Waals surface area contributed by atoms with Gasteiger partial charge in [-0.15, -0.1) is 3.52 Å². The lowest BCUT2D eigenvalue weighted by atomic mass is 10.2. The molecule has 0 aliphatic heterocycles. The molecule has 4 heteroatoms. The van der Waals surface area contributed by atoms with Gasteiger partial charge in [0, 0.05) is 5.56 Å². The first kappa shape index (κ1) is 13.8. The molecule has 0 N–H and O–H groups in total. The molecule has 0 fully saturated rings. The first-order valence-corrected chi connectivity index (χ1v) is 4.73. The maximum absolute atomic E-state index is 6.00. The maximum atomic E-state index is 6.00. The lowest BCUT2D eigenvalue weighted by Crippen LogP contribution is -3.00. The summed E-state index contributed by atoms with van der Waals surface area (Å²) in [4.78, 5) is 0. The molecule has 0 heterocycles. The van der Waals surface area contributed by atoms with Crippen molar-refractivity contribution in [2.24, 2.45) is 0 Å². The predicted molar refractivity (Wildman–Crippen MR) is 57.2 cm³/mol. The fourth-order valence-corrected chi connectivity index (χ4v) is 1.58. The van der Waals surface area contributed by atoms with Crippen LogP contribution >= 0.6 is 23.6 Å². The second kappa shape index (κ2) is 6.31. The lowest BCUT2D eigenvalue weighted by molar-refractivity contribution is -0.698. The zero-order chi connectivity index (χ0) is 9.73. The summed E-state index contributed by atoms with van der Waals surface area (Å²) in [6.45, 7) is 4.74. The van der Waals surface area contributed by atoms with E-state index in [0.29, 0.717) is 13.1 Å². The highest BCUT2D eigenvalue weighted by Gasteiger charge is 2.22. The van der Waals surface area contributed by atoms with Crippen LogP contribution in [-0.2, 0) is 6.54 Å². The highest BCUT2D eigenvalue weighted by molar-refractivity contribution is 6.23. The van der Waals surface area contributed by atoms with Gasteiger partial charge in [0.15, 0.2) is 23.6 Å². The number of hydrogen-bond donors (Lipinski definition) is 0. The third-order valence-corrected chi connectivity index (χ3v) is 2.17. The van der Waals surface area contributed by atoms with Gasteiger partial charge in [0.1, 0.15) is 13.1 Å². The quantitative estimate of drug-likeness (QED) is 0.541. The molecule has 0 aliphatic carbocycles. The zero-order valence-corrected chi connectivity index (χ0v) is 9.93. The van der Waals surface area contributed by atoms with Crippen molar-refractivity contribution >= 4 is 23.6 Å². The van der Waals surface area contributed by atoms with E-state index in [1.807, 2.05) is 30.3 Å². The molecule has 1 rings (SSSR count). The molecule has 0 aromatic heterocycles. The Morgan fingerprint density at radius 3 is 2.29 bits per heavy atom. The molecule has 0 amide bonds. The largest absolute Gasteiger partial charge is 1.00 e. The Balaban J connectivity index is 0.00000169. The van der Waals surface area contributed by atoms with Crippen LogP contribution < -0.4 is 12.4 Å². The van der Waals surface area contributed by atoms with Gasteiger partial charge in [-0.25, -0.2) is 0 Å². The summed E-state index contributed by atoms with van der Waals surface area (Å²) in [5.41, 5.74) is 1.12. The van der Waals surface area contributed by atoms with E-state index in [4.69, 9.17) is 23.6 Å². The van der Waals surface area contributed by atoms with Crippen molar-refractivity contribution in [3.8, 4) is 0 Å². The van der Waals surface area contributed by atoms with Gasteiger partial charge in [-0.3, -0.25) is 0 Å². The van der Waals surface area contributed by atoms with Crippen molar-refractivity contribution in [2.75, 3.05) is 6.54 Å². The van der Waals surface area contributed by atoms with Gasteiger partial charge in [0.05, 0.1) is 0 Å². The molecule has 0 aliphatic rings. The number of nitrogens with zero attached hydrogens (tertiary/aromatic N) is 1. The van der Waals surface area contributed by atoms with Gasteiger partial charge in [-0.1, -0.05) is 36.9 Å². The van der Waals surface area contributed by atoms with Gasteiger partial charge in [0.25, 0.3) is 0 Å². The number of hydrogen-bond acceptors (Lipinski definition) is 0. The van der Waals surface area contributed by atoms with E-state index in [9.17, 15) is 0 Å². The van der Waals surface area contributed by atoms with Crippen LogP contribution in [0.5, 0.6) is 0 Å². The summed E-state index contributed by atoms with van der Waals surface area (Å²) in [7, 11) is 0. The molecule has 0 saturated heterocycles. The number of rotatable bonds is 4. The zero-order valence-electron chi connectivity index (χ0n) is 7.67. The molecule has 78 valence electrons. The van der Waals surface area contributed by atoms with Crippen LogP contribution in [0.15, 0.2) is 43.0 Å². The molecule has 1 nitrogen and oxygen atoms in total. The minimum Gasteiger partial charge on any atom is -1.00 e. The summed E-state index contributed by atoms with van der Waals surface area (Å²) in [6.07, 6.45) is 1.71. The fraction of sp³-hybridized carbons (Fsp3) is 0.200. The fourth-order valence-electron chi connectivity index (χ4n) is 1.10. The average molecular weight is 253 g/mol. The summed E-state index contributed by atoms with van der Waals surface area (Å²) in [5, 5.41) is 0. The third kappa shape index (κ3) is 4.87. The van der Waals surface area contributed by atoms with Gasteiger partial charge in [-0.2, -0.15) is 0 Å². The molecule has 0 bridgehead atoms. The molecule has 0 atom stereocenters. The molecule has 14 heavy (non-hydrogen) atoms. The van der Waals surface area contributed by atoms with Crippen LogP contribution in [0.2, 0.25) is 0 Å². The monoisotopic (exact) mass is 251 g/mol. The molecule has 1 aromatic rings. The molecule has 1 aromatic carbocycles. The normalized spacial score (nSPS) is 10.4. The molecule has 0 saturated carbocycles. The van der Waals surface area contributed by atoms with Gasteiger partial charge in [0.2, 0.25) is 0 Å². The predicted octanol–water partition coefficient (Wildman–Crippen LogP) is 0.501. The third-order valence-electron chi connectivity index (χ3n) is 1.65. The average Bonchev–Trinajstić information content (AvgIpc) is 2.04. The van der Waals surface area contributed by atoms with Crippen LogP contribution in [-0.4, -0.2) is 10.1 Å². The van der Waals surface area contributed by atoms with E-state index in [1.54, 1.807) is 6.08 Å². The standard InChI is InChI=1S/C10H12Cl2N.ClH/c1-2-8-13(11,12)9-10-6-4-3-5-7-10;/h2-7H,1,8-9H2;1H/q+1;/p-1. The first-order chi connectivity index (χ1) is 6.14. The molecular weight excluding hydrogens is 240 g/mol. The Hall–Kier alpha value is -0.210. The van der Waals surface area contributed by atoms with Gasteiger partial charge >= 0.3 is 0 Å². The van der Waals surface area contributed by atoms with Crippen LogP contribution in [0, 0.1) is 0 Å². The number of benzene rings is 1. The molecule has 0 unspecified atom stereocenters. The Morgan fingerprint density at radius 1 is 1.21 bits per heavy atom. The molecule has 0 spiro atoms. The van der Waals surface area contributed by atoms with Crippen molar-refractivity contribution in [1.82, 2.24) is 0 Å². The minimum absolute atomic E-state index is 0. The van der Waals surface area contributed by atoms with E-state index in [0.717, 1.165) is 5.56 Å². The van der Waals surface area contributed by atoms with Crippen molar-refractivity contribution in [1.29, 1.82) is 0 Å². The van der Waals surface area contributed by atoms with Crippen molar-refractivity contribution in [3.05, 3.63) is 48.6 Å². The molecular formula is C10H12Cl3N. The topological polar surface area (TPSA) is 0 Å². The summed E-state index contributed by atoms with van der Waals surface area (Å²) in [6, 6.07) is 9.91. The maximum Gasteiger partial charge on any atom is 0.187 e. The first-order valence-electron chi connectivity index (χ1n) is 4.05. The SMILES string of the molecule is C=CC[N+](Cl)(Cl)Cc1ccccc1.[Cl-]. The van der Waals surface area contributed by atoms with E-state index in [2.05, 4.69) is 6.58 Å². The molecule has 0 radical (unpaired) electrons. The highest BCUT2D eigenvalue weighted by Crippen LogP contribution is 2.21. The Labute approximate surface area is 101 Å². The van der Waals surface area contributed by atoms with E-state index < -0.39 is 0 Å². The van der Waals surface area contributed by atoms with Crippen LogP contribution in [0.25, 0.3) is 0 Å². The van der Waals surface area contributed by atoms with E-state index in [-0.39, 0.29) is 15.9 Å². The van der Waals surface area contributed by atoms with E-state index in [1.165, 1.54) is 0 Å². The summed E-state index contributed by atoms with van der Waals surface area (Å²) >= 11 is 12.0. The van der Waals surface area contributed by atoms with Crippen molar-refractivity contribution in [2.45, 2.75) is 6.54 Å². The van der Waals surface area contributed by atoms with Crippen molar-refractivity contribution < 1.29 is 15.9 Å². The lowest BCUT2D eigenvalue weighted by Gasteiger charge is -2.16. The van der Waals surface area contributed by atoms with Gasteiger partial charge < -0.3 is 12.4 Å². The summed E-state index contributed by atoms with van der Waals surface area (Å²) < 4.78 is -0.0898. The number of quaternary nitrogens is 1. The van der Waals surface area contributed by atoms with Crippen LogP contribution in [0.3, 0.4) is 0 Å². The van der Waals surface area contributed by atoms with Crippen molar-refractivity contribution in [3.63, 3.8) is 0 Å². The number of halogens is 3. The highest BCUT2D eigenvalue weighted by atomic mass is 35.5. The van der Waals surface area contributed by atoms with Crippen LogP contribution in [0.4, 0.5) is 0 Å². The second-order valence-corrected chi connectivity index (χ2v) is 4.35. The Bertz CT molecular complexity index is 272. The van der Waals surface area contributed by atoms with E-state index >= 15 is 0 Å². The second-order valence-electron chi connectivity index (χ2n) is 2.88. The Morgan fingerprint density at radius 2 is 1.79 bits per heavy atom. The smallest absolute Gasteiger partial charge is 0.187 e.